The molecule has 10 heteroatoms. The molecule has 0 amide bonds. The van der Waals surface area contributed by atoms with E-state index in [-0.39, 0.29) is 18.0 Å². The molecule has 2 aromatic carbocycles. The minimum Gasteiger partial charge on any atom is -0.497 e. The van der Waals surface area contributed by atoms with Crippen molar-refractivity contribution in [3.63, 3.8) is 0 Å². The molecule has 0 radical (unpaired) electrons. The van der Waals surface area contributed by atoms with Crippen LogP contribution >= 0.6 is 0 Å². The summed E-state index contributed by atoms with van der Waals surface area (Å²) in [6.07, 6.45) is 2.20. The average molecular weight is 424 g/mol. The molecule has 1 atom stereocenters. The Kier molecular flexibility index (Phi) is 7.15. The van der Waals surface area contributed by atoms with Crippen LogP contribution in [0.25, 0.3) is 0 Å². The van der Waals surface area contributed by atoms with Gasteiger partial charge in [-0.15, -0.1) is 5.10 Å². The molecule has 1 unspecified atom stereocenters. The van der Waals surface area contributed by atoms with Crippen LogP contribution in [0.2, 0.25) is 0 Å². The molecule has 0 aliphatic heterocycles. The Balaban J connectivity index is 1.56. The van der Waals surface area contributed by atoms with Gasteiger partial charge in [-0.25, -0.2) is 4.68 Å². The molecule has 0 bridgehead atoms. The number of anilines is 2. The van der Waals surface area contributed by atoms with Crippen LogP contribution in [0.5, 0.6) is 5.75 Å². The maximum Gasteiger partial charge on any atom is 0.292 e. The van der Waals surface area contributed by atoms with E-state index in [1.807, 2.05) is 31.2 Å². The van der Waals surface area contributed by atoms with Gasteiger partial charge in [-0.2, -0.15) is 0 Å². The fourth-order valence-corrected chi connectivity index (χ4v) is 3.03. The van der Waals surface area contributed by atoms with E-state index in [9.17, 15) is 14.9 Å². The highest BCUT2D eigenvalue weighted by Crippen LogP contribution is 2.24. The largest absolute Gasteiger partial charge is 0.497 e. The minimum absolute atomic E-state index is 0.0212. The van der Waals surface area contributed by atoms with Crippen molar-refractivity contribution in [1.82, 2.24) is 15.0 Å². The maximum atomic E-state index is 12.6. The smallest absolute Gasteiger partial charge is 0.292 e. The molecule has 3 aromatic rings. The van der Waals surface area contributed by atoms with Crippen LogP contribution in [0.15, 0.2) is 54.7 Å². The molecule has 0 saturated heterocycles. The van der Waals surface area contributed by atoms with Gasteiger partial charge in [0.25, 0.3) is 5.69 Å². The number of nitro benzene ring substituents is 1. The first-order chi connectivity index (χ1) is 15.0. The van der Waals surface area contributed by atoms with Gasteiger partial charge < -0.3 is 15.4 Å². The molecule has 0 spiro atoms. The zero-order chi connectivity index (χ0) is 22.2. The highest BCUT2D eigenvalue weighted by molar-refractivity contribution is 5.90. The lowest BCUT2D eigenvalue weighted by molar-refractivity contribution is -0.384. The summed E-state index contributed by atoms with van der Waals surface area (Å²) in [5, 5.41) is 25.2. The lowest BCUT2D eigenvalue weighted by atomic mass is 10.1. The number of methoxy groups -OCH3 is 1. The monoisotopic (exact) mass is 424 g/mol. The number of carbonyl (C=O) groups is 1. The summed E-state index contributed by atoms with van der Waals surface area (Å²) in [5.74, 6) is 1.12. The fourth-order valence-electron chi connectivity index (χ4n) is 3.03. The van der Waals surface area contributed by atoms with Crippen molar-refractivity contribution in [2.45, 2.75) is 25.9 Å². The number of Topliss-reactive ketones (excluding diaryl/α,β-unsaturated/α-hetero) is 1. The summed E-state index contributed by atoms with van der Waals surface area (Å²) in [4.78, 5) is 23.3. The molecular formula is C21H24N6O4. The van der Waals surface area contributed by atoms with Crippen LogP contribution in [-0.2, 0) is 11.3 Å². The number of aromatic nitrogens is 3. The van der Waals surface area contributed by atoms with Crippen molar-refractivity contribution < 1.29 is 14.5 Å². The van der Waals surface area contributed by atoms with Crippen molar-refractivity contribution in [2.75, 3.05) is 24.3 Å². The average Bonchev–Trinajstić information content (AvgIpc) is 3.23. The van der Waals surface area contributed by atoms with Crippen molar-refractivity contribution >= 4 is 23.0 Å². The van der Waals surface area contributed by atoms with E-state index < -0.39 is 11.0 Å². The van der Waals surface area contributed by atoms with Crippen LogP contribution in [-0.4, -0.2) is 45.4 Å². The third-order valence-electron chi connectivity index (χ3n) is 4.71. The lowest BCUT2D eigenvalue weighted by Crippen LogP contribution is -2.33. The summed E-state index contributed by atoms with van der Waals surface area (Å²) >= 11 is 0. The van der Waals surface area contributed by atoms with E-state index in [2.05, 4.69) is 20.9 Å². The van der Waals surface area contributed by atoms with Gasteiger partial charge in [-0.05, 0) is 30.2 Å². The molecule has 1 aromatic heterocycles. The van der Waals surface area contributed by atoms with Gasteiger partial charge in [0.05, 0.1) is 37.4 Å². The Labute approximate surface area is 179 Å². The molecule has 10 nitrogen and oxygen atoms in total. The second-order valence-corrected chi connectivity index (χ2v) is 6.85. The number of nitrogens with one attached hydrogen (secondary N) is 2. The van der Waals surface area contributed by atoms with Crippen molar-refractivity contribution in [1.29, 1.82) is 0 Å². The number of ether oxygens (including phenoxy) is 1. The lowest BCUT2D eigenvalue weighted by Gasteiger charge is -2.17. The normalized spacial score (nSPS) is 11.5. The number of carbonyl (C=O) groups excluding carboxylic acids is 1. The number of ketones is 1. The Morgan fingerprint density at radius 3 is 2.65 bits per heavy atom. The van der Waals surface area contributed by atoms with Crippen LogP contribution in [0.1, 0.15) is 18.9 Å². The Morgan fingerprint density at radius 1 is 1.23 bits per heavy atom. The first kappa shape index (κ1) is 21.8. The molecule has 0 aliphatic rings. The molecule has 0 fully saturated rings. The van der Waals surface area contributed by atoms with Gasteiger partial charge in [0.15, 0.2) is 11.6 Å². The molecule has 31 heavy (non-hydrogen) atoms. The van der Waals surface area contributed by atoms with E-state index >= 15 is 0 Å². The molecule has 162 valence electrons. The first-order valence-electron chi connectivity index (χ1n) is 9.79. The summed E-state index contributed by atoms with van der Waals surface area (Å²) in [5.41, 5.74) is 1.29. The van der Waals surface area contributed by atoms with Crippen LogP contribution in [0.3, 0.4) is 0 Å². The zero-order valence-corrected chi connectivity index (χ0v) is 17.3. The number of para-hydroxylation sites is 2. The van der Waals surface area contributed by atoms with Crippen LogP contribution in [0, 0.1) is 10.1 Å². The molecule has 0 saturated carbocycles. The van der Waals surface area contributed by atoms with Crippen LogP contribution < -0.4 is 15.4 Å². The number of hydrogen-bond donors (Lipinski definition) is 2. The number of nitrogens with zero attached hydrogens (tertiary/aromatic N) is 4. The topological polar surface area (TPSA) is 124 Å². The minimum atomic E-state index is -0.567. The van der Waals surface area contributed by atoms with Crippen molar-refractivity contribution in [3.8, 4) is 5.75 Å². The van der Waals surface area contributed by atoms with Gasteiger partial charge in [-0.3, -0.25) is 14.9 Å². The third kappa shape index (κ3) is 5.78. The Hall–Kier alpha value is -3.95. The number of nitro groups is 1. The quantitative estimate of drug-likeness (QED) is 0.355. The molecule has 1 heterocycles. The van der Waals surface area contributed by atoms with Gasteiger partial charge in [0, 0.05) is 6.07 Å². The van der Waals surface area contributed by atoms with Gasteiger partial charge in [-0.1, -0.05) is 36.4 Å². The predicted molar refractivity (Wildman–Crippen MR) is 116 cm³/mol. The van der Waals surface area contributed by atoms with Gasteiger partial charge in [0.2, 0.25) is 0 Å². The highest BCUT2D eigenvalue weighted by Gasteiger charge is 2.20. The standard InChI is InChI=1S/C21H24N6O4/c1-3-17(23-18-6-4-5-7-19(18)27(29)30)20(28)12-22-21-14-26(25-24-21)13-15-8-10-16(31-2)11-9-15/h4-11,14,17,22-23H,3,12-13H2,1-2H3. The first-order valence-corrected chi connectivity index (χ1v) is 9.79. The van der Waals surface area contributed by atoms with Crippen molar-refractivity contribution in [2.24, 2.45) is 0 Å². The van der Waals surface area contributed by atoms with Gasteiger partial charge in [0.1, 0.15) is 11.4 Å². The highest BCUT2D eigenvalue weighted by atomic mass is 16.6. The molecule has 0 aliphatic carbocycles. The summed E-state index contributed by atoms with van der Waals surface area (Å²) in [6.45, 7) is 2.40. The second-order valence-electron chi connectivity index (χ2n) is 6.85. The Morgan fingerprint density at radius 2 is 1.97 bits per heavy atom. The van der Waals surface area contributed by atoms with Crippen molar-refractivity contribution in [3.05, 3.63) is 70.4 Å². The second kappa shape index (κ2) is 10.2. The molecule has 2 N–H and O–H groups in total. The molecule has 3 rings (SSSR count). The summed E-state index contributed by atoms with van der Waals surface area (Å²) in [6, 6.07) is 13.3. The zero-order valence-electron chi connectivity index (χ0n) is 17.3. The summed E-state index contributed by atoms with van der Waals surface area (Å²) < 4.78 is 6.81. The maximum absolute atomic E-state index is 12.6. The van der Waals surface area contributed by atoms with Crippen LogP contribution in [0.4, 0.5) is 17.2 Å². The third-order valence-corrected chi connectivity index (χ3v) is 4.71. The fraction of sp³-hybridized carbons (Fsp3) is 0.286. The number of benzene rings is 2. The number of rotatable bonds is 11. The Bertz CT molecular complexity index is 1030. The van der Waals surface area contributed by atoms with E-state index in [1.54, 1.807) is 36.2 Å². The number of hydrogen-bond acceptors (Lipinski definition) is 8. The molecular weight excluding hydrogens is 400 g/mol. The SMILES string of the molecule is CCC(Nc1ccccc1[N+](=O)[O-])C(=O)CNc1cn(Cc2ccc(OC)cc2)nn1. The summed E-state index contributed by atoms with van der Waals surface area (Å²) in [7, 11) is 1.62. The van der Waals surface area contributed by atoms with E-state index in [0.29, 0.717) is 24.5 Å². The van der Waals surface area contributed by atoms with E-state index in [0.717, 1.165) is 11.3 Å². The van der Waals surface area contributed by atoms with Gasteiger partial charge >= 0.3 is 0 Å². The predicted octanol–water partition coefficient (Wildman–Crippen LogP) is 3.11. The van der Waals surface area contributed by atoms with E-state index in [1.165, 1.54) is 6.07 Å². The van der Waals surface area contributed by atoms with E-state index in [4.69, 9.17) is 4.74 Å².